The standard InChI is InChI=1S/C14H21F2NO2/c1-2-3-8-18-9-6-17-7-10-19-14-5-4-12(15)11-13(14)16/h4-5,11,17H,2-3,6-10H2,1H3. The Kier molecular flexibility index (Phi) is 8.09. The highest BCUT2D eigenvalue weighted by Gasteiger charge is 2.03. The Morgan fingerprint density at radius 3 is 2.63 bits per heavy atom. The van der Waals surface area contributed by atoms with Crippen LogP contribution in [-0.4, -0.2) is 32.9 Å². The number of hydrogen-bond donors (Lipinski definition) is 1. The van der Waals surface area contributed by atoms with Crippen molar-refractivity contribution in [2.45, 2.75) is 19.8 Å². The average Bonchev–Trinajstić information content (AvgIpc) is 2.39. The minimum atomic E-state index is -0.678. The van der Waals surface area contributed by atoms with E-state index in [0.717, 1.165) is 32.1 Å². The lowest BCUT2D eigenvalue weighted by atomic mass is 10.3. The molecule has 108 valence electrons. The van der Waals surface area contributed by atoms with E-state index < -0.39 is 11.6 Å². The van der Waals surface area contributed by atoms with Crippen LogP contribution in [-0.2, 0) is 4.74 Å². The quantitative estimate of drug-likeness (QED) is 0.665. The molecule has 0 aliphatic carbocycles. The van der Waals surface area contributed by atoms with Crippen molar-refractivity contribution >= 4 is 0 Å². The number of ether oxygens (including phenoxy) is 2. The number of benzene rings is 1. The van der Waals surface area contributed by atoms with Crippen LogP contribution in [0.5, 0.6) is 5.75 Å². The summed E-state index contributed by atoms with van der Waals surface area (Å²) < 4.78 is 36.4. The number of rotatable bonds is 10. The van der Waals surface area contributed by atoms with Gasteiger partial charge >= 0.3 is 0 Å². The Morgan fingerprint density at radius 2 is 1.89 bits per heavy atom. The lowest BCUT2D eigenvalue weighted by Crippen LogP contribution is -2.25. The fourth-order valence-corrected chi connectivity index (χ4v) is 1.44. The average molecular weight is 273 g/mol. The van der Waals surface area contributed by atoms with Crippen LogP contribution >= 0.6 is 0 Å². The maximum Gasteiger partial charge on any atom is 0.167 e. The number of nitrogens with one attached hydrogen (secondary N) is 1. The molecule has 3 nitrogen and oxygen atoms in total. The normalized spacial score (nSPS) is 10.7. The zero-order valence-electron chi connectivity index (χ0n) is 11.3. The third-order valence-electron chi connectivity index (χ3n) is 2.50. The molecule has 0 fully saturated rings. The summed E-state index contributed by atoms with van der Waals surface area (Å²) in [6.07, 6.45) is 2.21. The number of hydrogen-bond acceptors (Lipinski definition) is 3. The van der Waals surface area contributed by atoms with Gasteiger partial charge in [-0.2, -0.15) is 0 Å². The Balaban J connectivity index is 2.01. The van der Waals surface area contributed by atoms with Gasteiger partial charge in [0.1, 0.15) is 12.4 Å². The second-order valence-corrected chi connectivity index (χ2v) is 4.14. The van der Waals surface area contributed by atoms with Gasteiger partial charge in [0, 0.05) is 25.8 Å². The van der Waals surface area contributed by atoms with Crippen molar-refractivity contribution in [1.82, 2.24) is 5.32 Å². The van der Waals surface area contributed by atoms with Crippen molar-refractivity contribution < 1.29 is 18.3 Å². The molecule has 1 aromatic rings. The fraction of sp³-hybridized carbons (Fsp3) is 0.571. The summed E-state index contributed by atoms with van der Waals surface area (Å²) in [5.41, 5.74) is 0. The topological polar surface area (TPSA) is 30.5 Å². The molecule has 1 aromatic carbocycles. The van der Waals surface area contributed by atoms with Crippen molar-refractivity contribution in [2.24, 2.45) is 0 Å². The summed E-state index contributed by atoms with van der Waals surface area (Å²) in [5.74, 6) is -1.21. The summed E-state index contributed by atoms with van der Waals surface area (Å²) in [6, 6.07) is 3.27. The Morgan fingerprint density at radius 1 is 1.11 bits per heavy atom. The fourth-order valence-electron chi connectivity index (χ4n) is 1.44. The van der Waals surface area contributed by atoms with E-state index in [0.29, 0.717) is 19.8 Å². The monoisotopic (exact) mass is 273 g/mol. The van der Waals surface area contributed by atoms with E-state index >= 15 is 0 Å². The second-order valence-electron chi connectivity index (χ2n) is 4.14. The highest BCUT2D eigenvalue weighted by atomic mass is 19.1. The minimum Gasteiger partial charge on any atom is -0.489 e. The van der Waals surface area contributed by atoms with Crippen LogP contribution in [0.3, 0.4) is 0 Å². The molecule has 0 aromatic heterocycles. The van der Waals surface area contributed by atoms with Crippen LogP contribution in [0.1, 0.15) is 19.8 Å². The first-order valence-corrected chi connectivity index (χ1v) is 6.60. The van der Waals surface area contributed by atoms with Crippen LogP contribution in [0.15, 0.2) is 18.2 Å². The molecule has 0 heterocycles. The summed E-state index contributed by atoms with van der Waals surface area (Å²) in [7, 11) is 0. The Labute approximate surface area is 112 Å². The zero-order valence-corrected chi connectivity index (χ0v) is 11.3. The van der Waals surface area contributed by atoms with Gasteiger partial charge < -0.3 is 14.8 Å². The van der Waals surface area contributed by atoms with Gasteiger partial charge in [-0.1, -0.05) is 13.3 Å². The molecule has 5 heteroatoms. The smallest absolute Gasteiger partial charge is 0.167 e. The van der Waals surface area contributed by atoms with E-state index in [1.54, 1.807) is 0 Å². The maximum absolute atomic E-state index is 13.2. The van der Waals surface area contributed by atoms with Gasteiger partial charge in [-0.15, -0.1) is 0 Å². The minimum absolute atomic E-state index is 0.0717. The SMILES string of the molecule is CCCCOCCNCCOc1ccc(F)cc1F. The molecule has 0 radical (unpaired) electrons. The van der Waals surface area contributed by atoms with E-state index in [4.69, 9.17) is 9.47 Å². The predicted molar refractivity (Wildman–Crippen MR) is 70.4 cm³/mol. The molecule has 0 atom stereocenters. The maximum atomic E-state index is 13.2. The van der Waals surface area contributed by atoms with Gasteiger partial charge in [-0.25, -0.2) is 8.78 Å². The lowest BCUT2D eigenvalue weighted by Gasteiger charge is -2.08. The van der Waals surface area contributed by atoms with Crippen molar-refractivity contribution in [1.29, 1.82) is 0 Å². The zero-order chi connectivity index (χ0) is 13.9. The lowest BCUT2D eigenvalue weighted by molar-refractivity contribution is 0.132. The molecule has 0 saturated heterocycles. The van der Waals surface area contributed by atoms with Gasteiger partial charge in [-0.3, -0.25) is 0 Å². The summed E-state index contributed by atoms with van der Waals surface area (Å²) in [5, 5.41) is 3.12. The van der Waals surface area contributed by atoms with Crippen LogP contribution in [0, 0.1) is 11.6 Å². The van der Waals surface area contributed by atoms with Crippen LogP contribution in [0.2, 0.25) is 0 Å². The van der Waals surface area contributed by atoms with Crippen LogP contribution in [0.25, 0.3) is 0 Å². The first kappa shape index (κ1) is 15.9. The highest BCUT2D eigenvalue weighted by Crippen LogP contribution is 2.17. The van der Waals surface area contributed by atoms with Gasteiger partial charge in [0.25, 0.3) is 0 Å². The van der Waals surface area contributed by atoms with Gasteiger partial charge in [-0.05, 0) is 18.6 Å². The molecule has 0 amide bonds. The van der Waals surface area contributed by atoms with Crippen molar-refractivity contribution in [3.63, 3.8) is 0 Å². The summed E-state index contributed by atoms with van der Waals surface area (Å²) in [4.78, 5) is 0. The number of halogens is 2. The largest absolute Gasteiger partial charge is 0.489 e. The third kappa shape index (κ3) is 7.08. The molecule has 0 aliphatic rings. The van der Waals surface area contributed by atoms with E-state index in [9.17, 15) is 8.78 Å². The Bertz CT molecular complexity index is 361. The molecule has 0 spiro atoms. The predicted octanol–water partition coefficient (Wildman–Crippen LogP) is 2.75. The molecule has 0 saturated carbocycles. The summed E-state index contributed by atoms with van der Waals surface area (Å²) in [6.45, 7) is 5.22. The first-order valence-electron chi connectivity index (χ1n) is 6.60. The van der Waals surface area contributed by atoms with E-state index in [-0.39, 0.29) is 5.75 Å². The second kappa shape index (κ2) is 9.69. The van der Waals surface area contributed by atoms with Gasteiger partial charge in [0.15, 0.2) is 11.6 Å². The van der Waals surface area contributed by atoms with Gasteiger partial charge in [0.2, 0.25) is 0 Å². The van der Waals surface area contributed by atoms with Crippen molar-refractivity contribution in [3.05, 3.63) is 29.8 Å². The molecule has 19 heavy (non-hydrogen) atoms. The first-order chi connectivity index (χ1) is 9.24. The molecule has 1 N–H and O–H groups in total. The molecule has 0 bridgehead atoms. The van der Waals surface area contributed by atoms with E-state index in [2.05, 4.69) is 12.2 Å². The Hall–Kier alpha value is -1.20. The highest BCUT2D eigenvalue weighted by molar-refractivity contribution is 5.24. The summed E-state index contributed by atoms with van der Waals surface area (Å²) >= 11 is 0. The molecule has 1 rings (SSSR count). The molecular formula is C14H21F2NO2. The molecule has 0 unspecified atom stereocenters. The van der Waals surface area contributed by atoms with Crippen LogP contribution in [0.4, 0.5) is 8.78 Å². The van der Waals surface area contributed by atoms with Gasteiger partial charge in [0.05, 0.1) is 6.61 Å². The van der Waals surface area contributed by atoms with E-state index in [1.807, 2.05) is 0 Å². The molecular weight excluding hydrogens is 252 g/mol. The van der Waals surface area contributed by atoms with Crippen LogP contribution < -0.4 is 10.1 Å². The number of unbranched alkanes of at least 4 members (excludes halogenated alkanes) is 1. The van der Waals surface area contributed by atoms with Crippen molar-refractivity contribution in [3.8, 4) is 5.75 Å². The van der Waals surface area contributed by atoms with E-state index in [1.165, 1.54) is 12.1 Å². The molecule has 0 aliphatic heterocycles. The van der Waals surface area contributed by atoms with Crippen molar-refractivity contribution in [2.75, 3.05) is 32.9 Å². The third-order valence-corrected chi connectivity index (χ3v) is 2.50.